The van der Waals surface area contributed by atoms with Crippen molar-refractivity contribution < 1.29 is 19.4 Å². The van der Waals surface area contributed by atoms with E-state index in [1.165, 1.54) is 18.9 Å². The third kappa shape index (κ3) is 1.41. The number of aromatic nitrogens is 1. The molecule has 0 aromatic carbocycles. The molecular formula is C10H10NO4S-. The third-order valence-electron chi connectivity index (χ3n) is 2.62. The van der Waals surface area contributed by atoms with Crippen LogP contribution in [0.25, 0.3) is 0 Å². The van der Waals surface area contributed by atoms with Crippen LogP contribution in [0.5, 0.6) is 0 Å². The predicted molar refractivity (Wildman–Crippen MR) is 55.6 cm³/mol. The Kier molecular flexibility index (Phi) is 2.67. The summed E-state index contributed by atoms with van der Waals surface area (Å²) >= 11 is 1.42. The second-order valence-electron chi connectivity index (χ2n) is 3.42. The standard InChI is InChI=1S/C10H11NO4S/c1-5-6(10(14)15-2)7(9(12)13)8-11(5)3-4-16-8/h3-4H2,1-2H3,(H,12,13)/p-1. The number of methoxy groups -OCH3 is 1. The van der Waals surface area contributed by atoms with Crippen molar-refractivity contribution in [2.24, 2.45) is 0 Å². The molecule has 0 amide bonds. The van der Waals surface area contributed by atoms with E-state index in [0.29, 0.717) is 17.3 Å². The van der Waals surface area contributed by atoms with Crippen LogP contribution in [-0.2, 0) is 11.3 Å². The Morgan fingerprint density at radius 3 is 2.69 bits per heavy atom. The van der Waals surface area contributed by atoms with Crippen molar-refractivity contribution in [1.29, 1.82) is 0 Å². The molecule has 0 saturated carbocycles. The van der Waals surface area contributed by atoms with Gasteiger partial charge in [0.2, 0.25) is 0 Å². The van der Waals surface area contributed by atoms with Crippen LogP contribution < -0.4 is 5.11 Å². The van der Waals surface area contributed by atoms with E-state index in [-0.39, 0.29) is 11.1 Å². The van der Waals surface area contributed by atoms with Gasteiger partial charge in [-0.05, 0) is 6.92 Å². The summed E-state index contributed by atoms with van der Waals surface area (Å²) in [6.45, 7) is 2.43. The number of nitrogens with zero attached hydrogens (tertiary/aromatic N) is 1. The molecule has 86 valence electrons. The van der Waals surface area contributed by atoms with Gasteiger partial charge in [-0.1, -0.05) is 0 Å². The van der Waals surface area contributed by atoms with Crippen LogP contribution in [0, 0.1) is 6.92 Å². The van der Waals surface area contributed by atoms with Gasteiger partial charge in [0.15, 0.2) is 0 Å². The molecule has 0 radical (unpaired) electrons. The maximum Gasteiger partial charge on any atom is 0.340 e. The lowest BCUT2D eigenvalue weighted by Gasteiger charge is -2.05. The molecule has 0 spiro atoms. The Bertz CT molecular complexity index is 478. The highest BCUT2D eigenvalue weighted by Crippen LogP contribution is 2.35. The van der Waals surface area contributed by atoms with Gasteiger partial charge in [-0.15, -0.1) is 11.8 Å². The highest BCUT2D eigenvalue weighted by atomic mass is 32.2. The number of aromatic carboxylic acids is 1. The molecule has 0 unspecified atom stereocenters. The molecule has 1 aromatic rings. The minimum atomic E-state index is -1.33. The molecule has 0 atom stereocenters. The van der Waals surface area contributed by atoms with Crippen LogP contribution in [0.4, 0.5) is 0 Å². The van der Waals surface area contributed by atoms with Crippen LogP contribution in [0.1, 0.15) is 26.4 Å². The minimum Gasteiger partial charge on any atom is -0.545 e. The highest BCUT2D eigenvalue weighted by molar-refractivity contribution is 7.99. The summed E-state index contributed by atoms with van der Waals surface area (Å²) in [7, 11) is 1.23. The van der Waals surface area contributed by atoms with Gasteiger partial charge in [-0.25, -0.2) is 4.79 Å². The maximum absolute atomic E-state index is 11.5. The molecule has 0 fully saturated rings. The quantitative estimate of drug-likeness (QED) is 0.683. The van der Waals surface area contributed by atoms with Gasteiger partial charge < -0.3 is 19.2 Å². The zero-order chi connectivity index (χ0) is 11.9. The van der Waals surface area contributed by atoms with Crippen molar-refractivity contribution in [2.45, 2.75) is 18.5 Å². The minimum absolute atomic E-state index is 0.0353. The maximum atomic E-state index is 11.5. The van der Waals surface area contributed by atoms with Crippen LogP contribution in [-0.4, -0.2) is 29.4 Å². The number of rotatable bonds is 2. The van der Waals surface area contributed by atoms with Gasteiger partial charge in [0.25, 0.3) is 0 Å². The number of ether oxygens (including phenoxy) is 1. The fourth-order valence-corrected chi connectivity index (χ4v) is 3.09. The van der Waals surface area contributed by atoms with Crippen LogP contribution in [0.15, 0.2) is 5.03 Å². The second kappa shape index (κ2) is 3.86. The van der Waals surface area contributed by atoms with E-state index in [0.717, 1.165) is 5.75 Å². The monoisotopic (exact) mass is 240 g/mol. The van der Waals surface area contributed by atoms with E-state index in [1.807, 2.05) is 4.57 Å². The molecular weight excluding hydrogens is 230 g/mol. The molecule has 0 aliphatic carbocycles. The zero-order valence-electron chi connectivity index (χ0n) is 8.90. The normalized spacial score (nSPS) is 13.6. The Morgan fingerprint density at radius 2 is 2.12 bits per heavy atom. The van der Waals surface area contributed by atoms with Crippen LogP contribution in [0.3, 0.4) is 0 Å². The van der Waals surface area contributed by atoms with Gasteiger partial charge in [0.05, 0.1) is 23.7 Å². The Hall–Kier alpha value is -1.43. The molecule has 2 rings (SSSR count). The molecule has 0 saturated heterocycles. The van der Waals surface area contributed by atoms with Crippen molar-refractivity contribution in [2.75, 3.05) is 12.9 Å². The van der Waals surface area contributed by atoms with Crippen LogP contribution in [0.2, 0.25) is 0 Å². The SMILES string of the molecule is COC(=O)c1c(C(=O)[O-])c2n(c1C)CCS2. The van der Waals surface area contributed by atoms with E-state index >= 15 is 0 Å². The van der Waals surface area contributed by atoms with E-state index < -0.39 is 11.9 Å². The highest BCUT2D eigenvalue weighted by Gasteiger charge is 2.28. The van der Waals surface area contributed by atoms with Crippen LogP contribution >= 0.6 is 11.8 Å². The molecule has 0 bridgehead atoms. The Labute approximate surface area is 96.4 Å². The summed E-state index contributed by atoms with van der Waals surface area (Å²) in [6.07, 6.45) is 0. The smallest absolute Gasteiger partial charge is 0.340 e. The van der Waals surface area contributed by atoms with Crippen molar-refractivity contribution >= 4 is 23.7 Å². The number of hydrogen-bond acceptors (Lipinski definition) is 5. The van der Waals surface area contributed by atoms with Crippen molar-refractivity contribution in [3.05, 3.63) is 16.8 Å². The number of carbonyl (C=O) groups is 2. The first kappa shape index (κ1) is 11.1. The summed E-state index contributed by atoms with van der Waals surface area (Å²) < 4.78 is 6.41. The molecule has 5 nitrogen and oxygen atoms in total. The fraction of sp³-hybridized carbons (Fsp3) is 0.400. The van der Waals surface area contributed by atoms with Gasteiger partial charge in [0, 0.05) is 23.6 Å². The molecule has 16 heavy (non-hydrogen) atoms. The number of hydrogen-bond donors (Lipinski definition) is 0. The fourth-order valence-electron chi connectivity index (χ4n) is 1.90. The zero-order valence-corrected chi connectivity index (χ0v) is 9.72. The van der Waals surface area contributed by atoms with Crippen molar-refractivity contribution in [3.63, 3.8) is 0 Å². The largest absolute Gasteiger partial charge is 0.545 e. The summed E-state index contributed by atoms with van der Waals surface area (Å²) in [5.41, 5.74) is 0.711. The predicted octanol–water partition coefficient (Wildman–Crippen LogP) is 0.0523. The number of thioether (sulfide) groups is 1. The number of fused-ring (bicyclic) bond motifs is 1. The first-order chi connectivity index (χ1) is 7.57. The average molecular weight is 240 g/mol. The summed E-state index contributed by atoms with van der Waals surface area (Å²) in [4.78, 5) is 22.6. The topological polar surface area (TPSA) is 71.4 Å². The average Bonchev–Trinajstić information content (AvgIpc) is 2.79. The molecule has 1 aromatic heterocycles. The second-order valence-corrected chi connectivity index (χ2v) is 4.50. The number of carboxylic acids is 1. The van der Waals surface area contributed by atoms with Gasteiger partial charge in [0.1, 0.15) is 0 Å². The first-order valence-electron chi connectivity index (χ1n) is 4.73. The van der Waals surface area contributed by atoms with E-state index in [1.54, 1.807) is 6.92 Å². The summed E-state index contributed by atoms with van der Waals surface area (Å²) in [5.74, 6) is -1.14. The van der Waals surface area contributed by atoms with Gasteiger partial charge in [-0.2, -0.15) is 0 Å². The molecule has 0 N–H and O–H groups in total. The number of esters is 1. The van der Waals surface area contributed by atoms with Gasteiger partial charge in [-0.3, -0.25) is 0 Å². The lowest BCUT2D eigenvalue weighted by molar-refractivity contribution is -0.255. The van der Waals surface area contributed by atoms with E-state index in [2.05, 4.69) is 4.74 Å². The molecule has 1 aliphatic heterocycles. The van der Waals surface area contributed by atoms with E-state index in [9.17, 15) is 14.7 Å². The van der Waals surface area contributed by atoms with E-state index in [4.69, 9.17) is 0 Å². The van der Waals surface area contributed by atoms with Crippen molar-refractivity contribution in [3.8, 4) is 0 Å². The number of carboxylic acid groups (broad SMARTS) is 1. The molecule has 6 heteroatoms. The first-order valence-corrected chi connectivity index (χ1v) is 5.72. The van der Waals surface area contributed by atoms with Crippen molar-refractivity contribution in [1.82, 2.24) is 4.57 Å². The van der Waals surface area contributed by atoms with Gasteiger partial charge >= 0.3 is 5.97 Å². The third-order valence-corrected chi connectivity index (χ3v) is 3.71. The molecule has 1 aliphatic rings. The summed E-state index contributed by atoms with van der Waals surface area (Å²) in [5, 5.41) is 11.7. The Balaban J connectivity index is 2.68. The molecule has 2 heterocycles. The lowest BCUT2D eigenvalue weighted by Crippen LogP contribution is -2.25. The lowest BCUT2D eigenvalue weighted by atomic mass is 10.1. The Morgan fingerprint density at radius 1 is 1.44 bits per heavy atom. The number of carbonyl (C=O) groups excluding carboxylic acids is 2. The summed E-state index contributed by atoms with van der Waals surface area (Å²) in [6, 6.07) is 0.